The molecular weight excluding hydrogens is 378 g/mol. The minimum absolute atomic E-state index is 0.194. The van der Waals surface area contributed by atoms with Gasteiger partial charge >= 0.3 is 5.97 Å². The Morgan fingerprint density at radius 3 is 2.60 bits per heavy atom. The Morgan fingerprint density at radius 2 is 1.97 bits per heavy atom. The third-order valence-corrected chi connectivity index (χ3v) is 5.33. The highest BCUT2D eigenvalue weighted by molar-refractivity contribution is 5.80. The van der Waals surface area contributed by atoms with E-state index >= 15 is 0 Å². The zero-order valence-corrected chi connectivity index (χ0v) is 17.8. The number of anilines is 1. The topological polar surface area (TPSA) is 85.9 Å². The van der Waals surface area contributed by atoms with Crippen molar-refractivity contribution in [3.8, 4) is 5.75 Å². The van der Waals surface area contributed by atoms with Crippen LogP contribution in [0.25, 0.3) is 0 Å². The number of hydrogen-bond acceptors (Lipinski definition) is 6. The molecule has 30 heavy (non-hydrogen) atoms. The summed E-state index contributed by atoms with van der Waals surface area (Å²) in [6.45, 7) is 3.79. The highest BCUT2D eigenvalue weighted by Gasteiger charge is 2.19. The highest BCUT2D eigenvalue weighted by atomic mass is 16.5. The Morgan fingerprint density at radius 1 is 1.23 bits per heavy atom. The molecule has 0 amide bonds. The van der Waals surface area contributed by atoms with Crippen molar-refractivity contribution in [1.29, 1.82) is 0 Å². The van der Waals surface area contributed by atoms with Crippen LogP contribution in [-0.2, 0) is 16.0 Å². The fourth-order valence-electron chi connectivity index (χ4n) is 3.73. The monoisotopic (exact) mass is 409 g/mol. The normalized spacial score (nSPS) is 15.3. The van der Waals surface area contributed by atoms with Crippen LogP contribution in [0.4, 0.5) is 5.69 Å². The second-order valence-corrected chi connectivity index (χ2v) is 7.69. The van der Waals surface area contributed by atoms with E-state index in [0.717, 1.165) is 41.8 Å². The van der Waals surface area contributed by atoms with Gasteiger partial charge in [0.05, 0.1) is 18.4 Å². The zero-order valence-electron chi connectivity index (χ0n) is 17.8. The number of hydrazone groups is 1. The molecule has 160 valence electrons. The van der Waals surface area contributed by atoms with Crippen LogP contribution in [-0.4, -0.2) is 24.9 Å². The van der Waals surface area contributed by atoms with Crippen molar-refractivity contribution in [2.45, 2.75) is 58.1 Å². The number of nitrogens with one attached hydrogen (secondary N) is 1. The second kappa shape index (κ2) is 10.7. The predicted molar refractivity (Wildman–Crippen MR) is 120 cm³/mol. The van der Waals surface area contributed by atoms with E-state index in [4.69, 9.17) is 15.3 Å². The average molecular weight is 410 g/mol. The van der Waals surface area contributed by atoms with E-state index in [9.17, 15) is 4.79 Å². The summed E-state index contributed by atoms with van der Waals surface area (Å²) in [6.07, 6.45) is 7.47. The summed E-state index contributed by atoms with van der Waals surface area (Å²) in [5, 5.41) is 7.03. The second-order valence-electron chi connectivity index (χ2n) is 7.69. The molecule has 3 rings (SSSR count). The van der Waals surface area contributed by atoms with Gasteiger partial charge in [-0.1, -0.05) is 25.1 Å². The summed E-state index contributed by atoms with van der Waals surface area (Å²) in [5.74, 6) is 5.81. The molecule has 1 fully saturated rings. The average Bonchev–Trinajstić information content (AvgIpc) is 3.25. The summed E-state index contributed by atoms with van der Waals surface area (Å²) in [5.41, 5.74) is 4.07. The van der Waals surface area contributed by atoms with E-state index in [1.54, 1.807) is 6.21 Å². The summed E-state index contributed by atoms with van der Waals surface area (Å²) in [7, 11) is 0. The number of carbonyl (C=O) groups excluding carboxylic acids is 1. The lowest BCUT2D eigenvalue weighted by Gasteiger charge is -2.22. The molecule has 3 N–H and O–H groups in total. The molecule has 0 saturated heterocycles. The lowest BCUT2D eigenvalue weighted by Crippen LogP contribution is -2.19. The number of nitrogens with two attached hydrogens (primary N) is 1. The minimum Gasteiger partial charge on any atom is -0.490 e. The van der Waals surface area contributed by atoms with Gasteiger partial charge in [-0.3, -0.25) is 4.79 Å². The van der Waals surface area contributed by atoms with Crippen molar-refractivity contribution in [1.82, 2.24) is 0 Å². The van der Waals surface area contributed by atoms with Crippen molar-refractivity contribution < 1.29 is 14.3 Å². The fraction of sp³-hybridized carbons (Fsp3) is 0.417. The highest BCUT2D eigenvalue weighted by Crippen LogP contribution is 2.29. The van der Waals surface area contributed by atoms with Crippen molar-refractivity contribution in [2.24, 2.45) is 10.9 Å². The predicted octanol–water partition coefficient (Wildman–Crippen LogP) is 4.58. The number of ether oxygens (including phenoxy) is 2. The van der Waals surface area contributed by atoms with Gasteiger partial charge in [-0.2, -0.15) is 5.10 Å². The number of benzene rings is 2. The van der Waals surface area contributed by atoms with Crippen LogP contribution in [0.3, 0.4) is 0 Å². The number of nitrogens with zero attached hydrogens (tertiary/aromatic N) is 1. The summed E-state index contributed by atoms with van der Waals surface area (Å²) in [4.78, 5) is 11.5. The maximum atomic E-state index is 11.5. The van der Waals surface area contributed by atoms with Crippen molar-refractivity contribution in [2.75, 3.05) is 11.9 Å². The lowest BCUT2D eigenvalue weighted by atomic mass is 10.0. The third-order valence-electron chi connectivity index (χ3n) is 5.33. The minimum atomic E-state index is -0.301. The van der Waals surface area contributed by atoms with Crippen LogP contribution < -0.4 is 15.9 Å². The van der Waals surface area contributed by atoms with Gasteiger partial charge in [-0.25, -0.2) is 0 Å². The number of rotatable bonds is 9. The molecule has 0 aromatic heterocycles. The molecule has 6 nitrogen and oxygen atoms in total. The number of carbonyl (C=O) groups is 1. The van der Waals surface area contributed by atoms with Crippen molar-refractivity contribution in [3.63, 3.8) is 0 Å². The molecular formula is C24H31N3O3. The van der Waals surface area contributed by atoms with E-state index < -0.39 is 0 Å². The Balaban J connectivity index is 1.84. The number of hydrogen-bond donors (Lipinski definition) is 2. The van der Waals surface area contributed by atoms with Gasteiger partial charge in [-0.05, 0) is 73.1 Å². The van der Waals surface area contributed by atoms with Gasteiger partial charge in [-0.15, -0.1) is 0 Å². The van der Waals surface area contributed by atoms with Gasteiger partial charge in [0.1, 0.15) is 12.4 Å². The molecule has 0 spiro atoms. The maximum absolute atomic E-state index is 11.5. The largest absolute Gasteiger partial charge is 0.490 e. The molecule has 0 bridgehead atoms. The molecule has 0 radical (unpaired) electrons. The molecule has 1 aliphatic carbocycles. The van der Waals surface area contributed by atoms with Crippen LogP contribution in [0.5, 0.6) is 5.75 Å². The fourth-order valence-corrected chi connectivity index (χ4v) is 3.73. The molecule has 1 unspecified atom stereocenters. The van der Waals surface area contributed by atoms with E-state index in [2.05, 4.69) is 35.5 Å². The first-order valence-corrected chi connectivity index (χ1v) is 10.6. The standard InChI is InChI=1S/C24H31N3O3/c1-3-18-12-20(14-23(13-18)30-22-6-4-5-7-22)24(16-29-17(2)28)27-21-10-8-19(9-11-21)15-26-25/h8-15,22,24,27H,3-7,16,25H2,1-2H3. The van der Waals surface area contributed by atoms with Crippen molar-refractivity contribution >= 4 is 17.9 Å². The Bertz CT molecular complexity index is 858. The summed E-state index contributed by atoms with van der Waals surface area (Å²) >= 11 is 0. The molecule has 1 atom stereocenters. The number of esters is 1. The van der Waals surface area contributed by atoms with E-state index in [1.165, 1.54) is 25.3 Å². The van der Waals surface area contributed by atoms with Gasteiger partial charge in [0.25, 0.3) is 0 Å². The van der Waals surface area contributed by atoms with Gasteiger partial charge in [0, 0.05) is 12.6 Å². The first kappa shape index (κ1) is 21.7. The quantitative estimate of drug-likeness (QED) is 0.274. The van der Waals surface area contributed by atoms with E-state index in [0.29, 0.717) is 6.10 Å². The smallest absolute Gasteiger partial charge is 0.302 e. The van der Waals surface area contributed by atoms with Crippen LogP contribution in [0.1, 0.15) is 62.3 Å². The summed E-state index contributed by atoms with van der Waals surface area (Å²) in [6, 6.07) is 13.9. The Kier molecular flexibility index (Phi) is 7.71. The van der Waals surface area contributed by atoms with Gasteiger partial charge < -0.3 is 20.6 Å². The molecule has 0 aliphatic heterocycles. The zero-order chi connectivity index (χ0) is 21.3. The molecule has 1 saturated carbocycles. The molecule has 0 heterocycles. The molecule has 6 heteroatoms. The first-order valence-electron chi connectivity index (χ1n) is 10.6. The molecule has 1 aliphatic rings. The van der Waals surface area contributed by atoms with Gasteiger partial charge in [0.2, 0.25) is 0 Å². The lowest BCUT2D eigenvalue weighted by molar-refractivity contribution is -0.141. The van der Waals surface area contributed by atoms with Crippen LogP contribution in [0, 0.1) is 0 Å². The first-order chi connectivity index (χ1) is 14.6. The van der Waals surface area contributed by atoms with E-state index in [1.807, 2.05) is 24.3 Å². The summed E-state index contributed by atoms with van der Waals surface area (Å²) < 4.78 is 11.6. The van der Waals surface area contributed by atoms with Crippen LogP contribution in [0.15, 0.2) is 47.6 Å². The number of aryl methyl sites for hydroxylation is 1. The van der Waals surface area contributed by atoms with Gasteiger partial charge in [0.15, 0.2) is 0 Å². The van der Waals surface area contributed by atoms with Crippen LogP contribution >= 0.6 is 0 Å². The van der Waals surface area contributed by atoms with E-state index in [-0.39, 0.29) is 18.6 Å². The third kappa shape index (κ3) is 6.24. The molecule has 2 aromatic carbocycles. The maximum Gasteiger partial charge on any atom is 0.302 e. The van der Waals surface area contributed by atoms with Crippen molar-refractivity contribution in [3.05, 3.63) is 59.2 Å². The SMILES string of the molecule is CCc1cc(OC2CCCC2)cc(C(COC(C)=O)Nc2ccc(C=NN)cc2)c1. The molecule has 2 aromatic rings. The Hall–Kier alpha value is -3.02. The Labute approximate surface area is 178 Å². The van der Waals surface area contributed by atoms with Crippen LogP contribution in [0.2, 0.25) is 0 Å².